The van der Waals surface area contributed by atoms with E-state index in [0.29, 0.717) is 24.5 Å². The number of likely N-dealkylation sites (tertiary alicyclic amines) is 1. The molecule has 1 amide bonds. The summed E-state index contributed by atoms with van der Waals surface area (Å²) in [6, 6.07) is 8.90. The van der Waals surface area contributed by atoms with E-state index in [-0.39, 0.29) is 23.3 Å². The number of aryl methyl sites for hydroxylation is 1. The maximum Gasteiger partial charge on any atom is 0.280 e. The van der Waals surface area contributed by atoms with E-state index in [9.17, 15) is 13.6 Å². The molecule has 0 spiro atoms. The highest BCUT2D eigenvalue weighted by Crippen LogP contribution is 2.29. The van der Waals surface area contributed by atoms with Gasteiger partial charge in [-0.1, -0.05) is 17.7 Å². The molecule has 7 nitrogen and oxygen atoms in total. The third kappa shape index (κ3) is 4.10. The number of piperidine rings is 1. The smallest absolute Gasteiger partial charge is 0.280 e. The van der Waals surface area contributed by atoms with Gasteiger partial charge in [-0.25, -0.2) is 13.8 Å². The van der Waals surface area contributed by atoms with Gasteiger partial charge >= 0.3 is 0 Å². The molecule has 0 saturated carbocycles. The number of ether oxygens (including phenoxy) is 1. The van der Waals surface area contributed by atoms with Crippen molar-refractivity contribution in [3.63, 3.8) is 0 Å². The summed E-state index contributed by atoms with van der Waals surface area (Å²) >= 11 is 0. The van der Waals surface area contributed by atoms with Gasteiger partial charge in [0.2, 0.25) is 0 Å². The molecule has 1 aromatic carbocycles. The van der Waals surface area contributed by atoms with E-state index in [1.807, 2.05) is 31.2 Å². The van der Waals surface area contributed by atoms with Crippen molar-refractivity contribution in [3.05, 3.63) is 53.6 Å². The second-order valence-corrected chi connectivity index (χ2v) is 7.57. The number of carbonyl (C=O) groups is 1. The number of fused-ring (bicyclic) bond motifs is 1. The number of benzene rings is 1. The summed E-state index contributed by atoms with van der Waals surface area (Å²) in [5.74, 6) is 0.504. The van der Waals surface area contributed by atoms with Crippen LogP contribution in [-0.4, -0.2) is 49.6 Å². The Morgan fingerprint density at radius 1 is 1.27 bits per heavy atom. The summed E-state index contributed by atoms with van der Waals surface area (Å²) in [4.78, 5) is 23.0. The maximum absolute atomic E-state index is 13.5. The molecule has 3 heterocycles. The Labute approximate surface area is 172 Å². The van der Waals surface area contributed by atoms with Gasteiger partial charge < -0.3 is 9.64 Å². The minimum Gasteiger partial charge on any atom is -0.481 e. The standard InChI is InChI=1S/C21H23F2N5O2/c1-13-5-7-16(8-6-13)30-14(2)20(29)27-9-3-4-15(11-27)17-10-18(19(22)23)28-21(26-17)24-12-25-28/h5-8,10,12,14-15,19H,3-4,9,11H2,1-2H3/t14-,15-/m0/s1. The summed E-state index contributed by atoms with van der Waals surface area (Å²) < 4.78 is 33.8. The lowest BCUT2D eigenvalue weighted by Crippen LogP contribution is -2.45. The summed E-state index contributed by atoms with van der Waals surface area (Å²) in [6.07, 6.45) is -0.609. The van der Waals surface area contributed by atoms with Gasteiger partial charge in [0.1, 0.15) is 17.8 Å². The van der Waals surface area contributed by atoms with Crippen molar-refractivity contribution in [1.82, 2.24) is 24.5 Å². The molecule has 0 unspecified atom stereocenters. The Hall–Kier alpha value is -3.10. The first kappa shape index (κ1) is 20.2. The van der Waals surface area contributed by atoms with Gasteiger partial charge in [0.15, 0.2) is 6.10 Å². The minimum atomic E-state index is -2.69. The largest absolute Gasteiger partial charge is 0.481 e. The number of nitrogens with zero attached hydrogens (tertiary/aromatic N) is 5. The van der Waals surface area contributed by atoms with Gasteiger partial charge in [-0.2, -0.15) is 14.6 Å². The average Bonchev–Trinajstić information content (AvgIpc) is 3.22. The Morgan fingerprint density at radius 2 is 2.03 bits per heavy atom. The molecule has 158 valence electrons. The first-order valence-electron chi connectivity index (χ1n) is 9.93. The quantitative estimate of drug-likeness (QED) is 0.637. The topological polar surface area (TPSA) is 72.6 Å². The van der Waals surface area contributed by atoms with E-state index < -0.39 is 12.5 Å². The molecule has 0 radical (unpaired) electrons. The molecular weight excluding hydrogens is 392 g/mol. The predicted octanol–water partition coefficient (Wildman–Crippen LogP) is 3.54. The number of halogens is 2. The third-order valence-electron chi connectivity index (χ3n) is 5.36. The normalized spacial score (nSPS) is 18.0. The van der Waals surface area contributed by atoms with Gasteiger partial charge in [0, 0.05) is 19.0 Å². The van der Waals surface area contributed by atoms with Crippen molar-refractivity contribution < 1.29 is 18.3 Å². The summed E-state index contributed by atoms with van der Waals surface area (Å²) in [7, 11) is 0. The lowest BCUT2D eigenvalue weighted by Gasteiger charge is -2.34. The number of alkyl halides is 2. The highest BCUT2D eigenvalue weighted by Gasteiger charge is 2.30. The van der Waals surface area contributed by atoms with Gasteiger partial charge in [0.25, 0.3) is 18.1 Å². The molecule has 30 heavy (non-hydrogen) atoms. The molecule has 0 aliphatic carbocycles. The van der Waals surface area contributed by atoms with E-state index in [1.54, 1.807) is 11.8 Å². The van der Waals surface area contributed by atoms with E-state index in [0.717, 1.165) is 22.9 Å². The van der Waals surface area contributed by atoms with Crippen molar-refractivity contribution in [2.45, 2.75) is 45.1 Å². The van der Waals surface area contributed by atoms with Gasteiger partial charge in [-0.15, -0.1) is 0 Å². The van der Waals surface area contributed by atoms with E-state index in [4.69, 9.17) is 4.74 Å². The van der Waals surface area contributed by atoms with Gasteiger partial charge in [0.05, 0.1) is 5.69 Å². The molecule has 3 aromatic rings. The summed E-state index contributed by atoms with van der Waals surface area (Å²) in [6.45, 7) is 4.71. The van der Waals surface area contributed by atoms with Crippen molar-refractivity contribution in [1.29, 1.82) is 0 Å². The zero-order valence-electron chi connectivity index (χ0n) is 16.8. The number of amides is 1. The van der Waals surface area contributed by atoms with Crippen molar-refractivity contribution in [2.24, 2.45) is 0 Å². The third-order valence-corrected chi connectivity index (χ3v) is 5.36. The first-order valence-corrected chi connectivity index (χ1v) is 9.93. The minimum absolute atomic E-state index is 0.127. The van der Waals surface area contributed by atoms with Gasteiger partial charge in [-0.3, -0.25) is 4.79 Å². The zero-order valence-corrected chi connectivity index (χ0v) is 16.8. The SMILES string of the molecule is Cc1ccc(O[C@@H](C)C(=O)N2CCC[C@H](c3cc(C(F)F)n4ncnc4n3)C2)cc1. The van der Waals surface area contributed by atoms with Crippen LogP contribution in [0.4, 0.5) is 8.78 Å². The number of rotatable bonds is 5. The second kappa shape index (κ2) is 8.33. The number of aromatic nitrogens is 4. The van der Waals surface area contributed by atoms with Crippen LogP contribution in [0.2, 0.25) is 0 Å². The first-order chi connectivity index (χ1) is 14.4. The van der Waals surface area contributed by atoms with Crippen molar-refractivity contribution >= 4 is 11.7 Å². The molecule has 2 aromatic heterocycles. The van der Waals surface area contributed by atoms with E-state index >= 15 is 0 Å². The number of hydrogen-bond donors (Lipinski definition) is 0. The number of hydrogen-bond acceptors (Lipinski definition) is 5. The molecule has 9 heteroatoms. The molecule has 1 saturated heterocycles. The van der Waals surface area contributed by atoms with Crippen LogP contribution in [0.3, 0.4) is 0 Å². The fourth-order valence-electron chi connectivity index (χ4n) is 3.77. The molecule has 2 atom stereocenters. The fourth-order valence-corrected chi connectivity index (χ4v) is 3.77. The van der Waals surface area contributed by atoms with Crippen LogP contribution in [0.1, 0.15) is 49.1 Å². The van der Waals surface area contributed by atoms with Crippen LogP contribution in [0.25, 0.3) is 5.78 Å². The highest BCUT2D eigenvalue weighted by molar-refractivity contribution is 5.81. The maximum atomic E-state index is 13.5. The molecule has 4 rings (SSSR count). The molecule has 0 N–H and O–H groups in total. The van der Waals surface area contributed by atoms with Crippen molar-refractivity contribution in [2.75, 3.05) is 13.1 Å². The van der Waals surface area contributed by atoms with Crippen LogP contribution in [0.15, 0.2) is 36.7 Å². The Morgan fingerprint density at radius 3 is 2.77 bits per heavy atom. The Balaban J connectivity index is 1.49. The fraction of sp³-hybridized carbons (Fsp3) is 0.429. The monoisotopic (exact) mass is 415 g/mol. The van der Waals surface area contributed by atoms with E-state index in [1.165, 1.54) is 12.4 Å². The average molecular weight is 415 g/mol. The van der Waals surface area contributed by atoms with E-state index in [2.05, 4.69) is 15.1 Å². The predicted molar refractivity (Wildman–Crippen MR) is 106 cm³/mol. The lowest BCUT2D eigenvalue weighted by molar-refractivity contribution is -0.139. The Kier molecular flexibility index (Phi) is 5.61. The summed E-state index contributed by atoms with van der Waals surface area (Å²) in [5.41, 5.74) is 1.38. The number of carbonyl (C=O) groups excluding carboxylic acids is 1. The van der Waals surface area contributed by atoms with Crippen LogP contribution in [-0.2, 0) is 4.79 Å². The molecule has 0 bridgehead atoms. The van der Waals surface area contributed by atoms with Gasteiger partial charge in [-0.05, 0) is 44.9 Å². The highest BCUT2D eigenvalue weighted by atomic mass is 19.3. The van der Waals surface area contributed by atoms with Crippen LogP contribution in [0, 0.1) is 6.92 Å². The van der Waals surface area contributed by atoms with Crippen LogP contribution < -0.4 is 4.74 Å². The zero-order chi connectivity index (χ0) is 21.3. The molecule has 1 fully saturated rings. The summed E-state index contributed by atoms with van der Waals surface area (Å²) in [5, 5.41) is 3.82. The molecular formula is C21H23F2N5O2. The van der Waals surface area contributed by atoms with Crippen LogP contribution in [0.5, 0.6) is 5.75 Å². The second-order valence-electron chi connectivity index (χ2n) is 7.57. The molecule has 1 aliphatic rings. The Bertz CT molecular complexity index is 1040. The van der Waals surface area contributed by atoms with Crippen molar-refractivity contribution in [3.8, 4) is 5.75 Å². The molecule has 1 aliphatic heterocycles. The lowest BCUT2D eigenvalue weighted by atomic mass is 9.93. The van der Waals surface area contributed by atoms with Crippen LogP contribution >= 0.6 is 0 Å².